The standard InChI is InChI=1S/C32H29FN4O3/c1-22(10-15-31(38)40-4)16-28(20-34-2)37(32(39)23-8-6-5-7-9-23)21-26-12-11-25(18-29(26)33)24-13-14-30-27(17-24)19-35-36(30)3/h5-20H,2,21H2,1,3-4H3/b15-10+,22-16+,28-20+. The number of esters is 1. The number of amides is 1. The molecule has 8 heteroatoms. The number of hydrogen-bond acceptors (Lipinski definition) is 5. The SMILES string of the molecule is C=N\C=C(/C=C(C)/C=C/C(=O)OC)N(Cc1ccc(-c2ccc3c(cnn3C)c2)cc1F)C(=O)c1ccccc1. The predicted molar refractivity (Wildman–Crippen MR) is 155 cm³/mol. The molecular weight excluding hydrogens is 507 g/mol. The molecule has 0 unspecified atom stereocenters. The van der Waals surface area contributed by atoms with Crippen molar-refractivity contribution < 1.29 is 18.7 Å². The Balaban J connectivity index is 1.70. The molecule has 0 aliphatic rings. The van der Waals surface area contributed by atoms with Gasteiger partial charge in [0.25, 0.3) is 5.91 Å². The van der Waals surface area contributed by atoms with E-state index in [0.29, 0.717) is 28.0 Å². The predicted octanol–water partition coefficient (Wildman–Crippen LogP) is 6.24. The zero-order chi connectivity index (χ0) is 28.6. The number of aliphatic imine (C=N–C) groups is 1. The van der Waals surface area contributed by atoms with Gasteiger partial charge in [0.1, 0.15) is 5.82 Å². The molecule has 1 aromatic heterocycles. The Bertz CT molecular complexity index is 1650. The van der Waals surface area contributed by atoms with Gasteiger partial charge in [0.05, 0.1) is 31.1 Å². The lowest BCUT2D eigenvalue weighted by atomic mass is 10.0. The first-order valence-electron chi connectivity index (χ1n) is 12.5. The molecule has 4 aromatic rings. The number of ether oxygens (including phenoxy) is 1. The number of hydrogen-bond donors (Lipinski definition) is 0. The molecule has 0 aliphatic carbocycles. The van der Waals surface area contributed by atoms with Gasteiger partial charge in [-0.3, -0.25) is 14.5 Å². The average molecular weight is 537 g/mol. The summed E-state index contributed by atoms with van der Waals surface area (Å²) in [4.78, 5) is 30.5. The van der Waals surface area contributed by atoms with E-state index in [-0.39, 0.29) is 12.5 Å². The van der Waals surface area contributed by atoms with E-state index in [4.69, 9.17) is 0 Å². The highest BCUT2D eigenvalue weighted by Gasteiger charge is 2.21. The Morgan fingerprint density at radius 3 is 2.50 bits per heavy atom. The van der Waals surface area contributed by atoms with Crippen molar-refractivity contribution in [3.63, 3.8) is 0 Å². The molecule has 0 saturated heterocycles. The van der Waals surface area contributed by atoms with Crippen LogP contribution in [-0.2, 0) is 23.1 Å². The third-order valence-electron chi connectivity index (χ3n) is 6.32. The van der Waals surface area contributed by atoms with E-state index in [1.165, 1.54) is 30.4 Å². The van der Waals surface area contributed by atoms with Gasteiger partial charge in [-0.2, -0.15) is 5.10 Å². The van der Waals surface area contributed by atoms with E-state index >= 15 is 4.39 Å². The van der Waals surface area contributed by atoms with E-state index in [9.17, 15) is 9.59 Å². The van der Waals surface area contributed by atoms with Gasteiger partial charge >= 0.3 is 5.97 Å². The molecule has 1 heterocycles. The van der Waals surface area contributed by atoms with Crippen LogP contribution in [0.2, 0.25) is 0 Å². The molecule has 0 bridgehead atoms. The smallest absolute Gasteiger partial charge is 0.330 e. The van der Waals surface area contributed by atoms with Crippen molar-refractivity contribution >= 4 is 29.5 Å². The Hall–Kier alpha value is -5.11. The summed E-state index contributed by atoms with van der Waals surface area (Å²) in [6.07, 6.45) is 7.70. The van der Waals surface area contributed by atoms with Crippen molar-refractivity contribution in [3.05, 3.63) is 126 Å². The molecule has 0 N–H and O–H groups in total. The molecule has 40 heavy (non-hydrogen) atoms. The van der Waals surface area contributed by atoms with Gasteiger partial charge in [0, 0.05) is 35.8 Å². The van der Waals surface area contributed by atoms with Crippen LogP contribution in [0.1, 0.15) is 22.8 Å². The van der Waals surface area contributed by atoms with Crippen LogP contribution in [-0.4, -0.2) is 40.4 Å². The minimum absolute atomic E-state index is 0.0622. The molecule has 0 atom stereocenters. The maximum Gasteiger partial charge on any atom is 0.330 e. The third kappa shape index (κ3) is 6.47. The first-order valence-corrected chi connectivity index (χ1v) is 12.5. The maximum atomic E-state index is 15.6. The maximum absolute atomic E-state index is 15.6. The molecule has 0 aliphatic heterocycles. The zero-order valence-corrected chi connectivity index (χ0v) is 22.5. The molecule has 1 amide bonds. The van der Waals surface area contributed by atoms with Gasteiger partial charge < -0.3 is 9.64 Å². The second kappa shape index (κ2) is 12.6. The van der Waals surface area contributed by atoms with Crippen molar-refractivity contribution in [1.82, 2.24) is 14.7 Å². The molecule has 4 rings (SSSR count). The monoisotopic (exact) mass is 536 g/mol. The number of fused-ring (bicyclic) bond motifs is 1. The molecule has 0 spiro atoms. The molecule has 7 nitrogen and oxygen atoms in total. The Morgan fingerprint density at radius 2 is 1.80 bits per heavy atom. The minimum Gasteiger partial charge on any atom is -0.466 e. The van der Waals surface area contributed by atoms with Crippen LogP contribution in [0.25, 0.3) is 22.0 Å². The van der Waals surface area contributed by atoms with E-state index in [1.54, 1.807) is 60.3 Å². The first kappa shape index (κ1) is 27.9. The number of rotatable bonds is 9. The summed E-state index contributed by atoms with van der Waals surface area (Å²) >= 11 is 0. The average Bonchev–Trinajstić information content (AvgIpc) is 3.34. The summed E-state index contributed by atoms with van der Waals surface area (Å²) in [6, 6.07) is 19.5. The lowest BCUT2D eigenvalue weighted by Crippen LogP contribution is -2.30. The summed E-state index contributed by atoms with van der Waals surface area (Å²) < 4.78 is 22.0. The van der Waals surface area contributed by atoms with Crippen molar-refractivity contribution in [2.75, 3.05) is 7.11 Å². The van der Waals surface area contributed by atoms with Crippen LogP contribution in [0.3, 0.4) is 0 Å². The molecule has 0 fully saturated rings. The number of aromatic nitrogens is 2. The third-order valence-corrected chi connectivity index (χ3v) is 6.32. The van der Waals surface area contributed by atoms with Gasteiger partial charge in [-0.15, -0.1) is 0 Å². The Morgan fingerprint density at radius 1 is 1.07 bits per heavy atom. The number of carbonyl (C=O) groups excluding carboxylic acids is 2. The van der Waals surface area contributed by atoms with Crippen LogP contribution >= 0.6 is 0 Å². The summed E-state index contributed by atoms with van der Waals surface area (Å²) in [7, 11) is 3.16. The molecule has 202 valence electrons. The Kier molecular flexibility index (Phi) is 8.81. The van der Waals surface area contributed by atoms with Crippen LogP contribution in [0.4, 0.5) is 4.39 Å². The molecule has 3 aromatic carbocycles. The number of halogens is 1. The van der Waals surface area contributed by atoms with E-state index < -0.39 is 11.8 Å². The van der Waals surface area contributed by atoms with Crippen molar-refractivity contribution in [3.8, 4) is 11.1 Å². The quantitative estimate of drug-likeness (QED) is 0.110. The highest BCUT2D eigenvalue weighted by Crippen LogP contribution is 2.27. The van der Waals surface area contributed by atoms with Gasteiger partial charge in [-0.05, 0) is 66.7 Å². The van der Waals surface area contributed by atoms with E-state index in [1.807, 2.05) is 37.4 Å². The lowest BCUT2D eigenvalue weighted by molar-refractivity contribution is -0.134. The second-order valence-electron chi connectivity index (χ2n) is 9.09. The summed E-state index contributed by atoms with van der Waals surface area (Å²) in [5, 5.41) is 5.23. The number of allylic oxidation sites excluding steroid dienone is 3. The van der Waals surface area contributed by atoms with Crippen LogP contribution in [0.5, 0.6) is 0 Å². The van der Waals surface area contributed by atoms with Gasteiger partial charge in [-0.1, -0.05) is 42.5 Å². The number of nitrogens with zero attached hydrogens (tertiary/aromatic N) is 4. The fraction of sp³-hybridized carbons (Fsp3) is 0.125. The summed E-state index contributed by atoms with van der Waals surface area (Å²) in [5.74, 6) is -1.31. The van der Waals surface area contributed by atoms with Crippen LogP contribution in [0.15, 0.2) is 114 Å². The normalized spacial score (nSPS) is 12.1. The minimum atomic E-state index is -0.512. The molecule has 0 radical (unpaired) electrons. The van der Waals surface area contributed by atoms with Crippen molar-refractivity contribution in [1.29, 1.82) is 0 Å². The van der Waals surface area contributed by atoms with Crippen molar-refractivity contribution in [2.45, 2.75) is 13.5 Å². The fourth-order valence-electron chi connectivity index (χ4n) is 4.21. The highest BCUT2D eigenvalue weighted by molar-refractivity contribution is 5.95. The summed E-state index contributed by atoms with van der Waals surface area (Å²) in [6.45, 7) is 5.23. The van der Waals surface area contributed by atoms with E-state index in [0.717, 1.165) is 16.5 Å². The number of methoxy groups -OCH3 is 1. The molecule has 0 saturated carbocycles. The van der Waals surface area contributed by atoms with Crippen molar-refractivity contribution in [2.24, 2.45) is 12.0 Å². The van der Waals surface area contributed by atoms with Crippen LogP contribution in [0, 0.1) is 5.82 Å². The zero-order valence-electron chi connectivity index (χ0n) is 22.5. The summed E-state index contributed by atoms with van der Waals surface area (Å²) in [5.41, 5.74) is 4.32. The van der Waals surface area contributed by atoms with Gasteiger partial charge in [0.15, 0.2) is 0 Å². The Labute approximate surface area is 232 Å². The largest absolute Gasteiger partial charge is 0.466 e. The van der Waals surface area contributed by atoms with Gasteiger partial charge in [-0.25, -0.2) is 9.18 Å². The van der Waals surface area contributed by atoms with E-state index in [2.05, 4.69) is 21.5 Å². The first-order chi connectivity index (χ1) is 19.3. The molecular formula is C32H29FN4O3. The number of carbonyl (C=O) groups is 2. The second-order valence-corrected chi connectivity index (χ2v) is 9.09. The van der Waals surface area contributed by atoms with Crippen LogP contribution < -0.4 is 0 Å². The lowest BCUT2D eigenvalue weighted by Gasteiger charge is -2.24. The fourth-order valence-corrected chi connectivity index (χ4v) is 4.21. The number of aryl methyl sites for hydroxylation is 1. The number of benzene rings is 3. The topological polar surface area (TPSA) is 76.8 Å². The van der Waals surface area contributed by atoms with Gasteiger partial charge in [0.2, 0.25) is 0 Å². The highest BCUT2D eigenvalue weighted by atomic mass is 19.1.